The van der Waals surface area contributed by atoms with Gasteiger partial charge in [0.05, 0.1) is 0 Å². The van der Waals surface area contributed by atoms with Crippen molar-refractivity contribution < 1.29 is 0 Å². The SMILES string of the molecule is CCc1nc(N)cc(N(C)C2CCCN(C)C2)n1. The van der Waals surface area contributed by atoms with Crippen LogP contribution in [0.5, 0.6) is 0 Å². The van der Waals surface area contributed by atoms with Crippen molar-refractivity contribution >= 4 is 11.6 Å². The highest BCUT2D eigenvalue weighted by molar-refractivity contribution is 5.47. The fourth-order valence-corrected chi connectivity index (χ4v) is 2.48. The molecular weight excluding hydrogens is 226 g/mol. The van der Waals surface area contributed by atoms with Crippen molar-refractivity contribution in [3.8, 4) is 0 Å². The number of likely N-dealkylation sites (N-methyl/N-ethyl adjacent to an activating group) is 2. The van der Waals surface area contributed by atoms with E-state index >= 15 is 0 Å². The van der Waals surface area contributed by atoms with Gasteiger partial charge in [-0.1, -0.05) is 6.92 Å². The number of nitrogen functional groups attached to an aromatic ring is 1. The first kappa shape index (κ1) is 13.1. The lowest BCUT2D eigenvalue weighted by Crippen LogP contribution is -2.45. The molecule has 100 valence electrons. The van der Waals surface area contributed by atoms with E-state index in [0.717, 1.165) is 24.6 Å². The van der Waals surface area contributed by atoms with Crippen LogP contribution in [0.1, 0.15) is 25.6 Å². The van der Waals surface area contributed by atoms with Crippen molar-refractivity contribution in [3.63, 3.8) is 0 Å². The van der Waals surface area contributed by atoms with Crippen molar-refractivity contribution in [1.82, 2.24) is 14.9 Å². The predicted octanol–water partition coefficient (Wildman–Crippen LogP) is 1.15. The van der Waals surface area contributed by atoms with E-state index in [9.17, 15) is 0 Å². The van der Waals surface area contributed by atoms with Gasteiger partial charge in [0.25, 0.3) is 0 Å². The molecule has 1 aliphatic heterocycles. The first-order valence-electron chi connectivity index (χ1n) is 6.65. The first-order valence-corrected chi connectivity index (χ1v) is 6.65. The number of hydrogen-bond donors (Lipinski definition) is 1. The molecule has 1 unspecified atom stereocenters. The van der Waals surface area contributed by atoms with Gasteiger partial charge in [-0.25, -0.2) is 9.97 Å². The summed E-state index contributed by atoms with van der Waals surface area (Å²) in [6.45, 7) is 4.32. The van der Waals surface area contributed by atoms with Crippen LogP contribution < -0.4 is 10.6 Å². The van der Waals surface area contributed by atoms with Gasteiger partial charge in [0.2, 0.25) is 0 Å². The van der Waals surface area contributed by atoms with Crippen LogP contribution in [0, 0.1) is 0 Å². The molecule has 0 aliphatic carbocycles. The molecule has 0 spiro atoms. The largest absolute Gasteiger partial charge is 0.384 e. The Morgan fingerprint density at radius 2 is 2.28 bits per heavy atom. The molecule has 0 aromatic carbocycles. The average molecular weight is 249 g/mol. The van der Waals surface area contributed by atoms with Crippen LogP contribution >= 0.6 is 0 Å². The van der Waals surface area contributed by atoms with Crippen LogP contribution in [-0.4, -0.2) is 48.1 Å². The smallest absolute Gasteiger partial charge is 0.134 e. The highest BCUT2D eigenvalue weighted by Gasteiger charge is 2.22. The molecule has 2 heterocycles. The molecule has 1 saturated heterocycles. The number of aromatic nitrogens is 2. The van der Waals surface area contributed by atoms with Crippen LogP contribution in [0.2, 0.25) is 0 Å². The Kier molecular flexibility index (Phi) is 4.01. The summed E-state index contributed by atoms with van der Waals surface area (Å²) in [5.41, 5.74) is 5.84. The Hall–Kier alpha value is -1.36. The third-order valence-electron chi connectivity index (χ3n) is 3.60. The maximum absolute atomic E-state index is 5.84. The Morgan fingerprint density at radius 1 is 1.50 bits per heavy atom. The minimum atomic E-state index is 0.516. The molecule has 2 N–H and O–H groups in total. The molecule has 1 aromatic rings. The van der Waals surface area contributed by atoms with Crippen LogP contribution in [0.15, 0.2) is 6.07 Å². The number of nitrogens with two attached hydrogens (primary N) is 1. The Labute approximate surface area is 109 Å². The van der Waals surface area contributed by atoms with Gasteiger partial charge >= 0.3 is 0 Å². The predicted molar refractivity (Wildman–Crippen MR) is 74.7 cm³/mol. The zero-order valence-corrected chi connectivity index (χ0v) is 11.6. The van der Waals surface area contributed by atoms with Crippen LogP contribution in [0.3, 0.4) is 0 Å². The summed E-state index contributed by atoms with van der Waals surface area (Å²) < 4.78 is 0. The number of aryl methyl sites for hydroxylation is 1. The molecule has 5 nitrogen and oxygen atoms in total. The zero-order chi connectivity index (χ0) is 13.1. The summed E-state index contributed by atoms with van der Waals surface area (Å²) in [7, 11) is 4.27. The van der Waals surface area contributed by atoms with Gasteiger partial charge in [-0.3, -0.25) is 0 Å². The minimum Gasteiger partial charge on any atom is -0.384 e. The molecule has 1 aliphatic rings. The number of anilines is 2. The highest BCUT2D eigenvalue weighted by atomic mass is 15.2. The normalized spacial score (nSPS) is 20.9. The lowest BCUT2D eigenvalue weighted by atomic mass is 10.1. The van der Waals surface area contributed by atoms with Crippen molar-refractivity contribution in [3.05, 3.63) is 11.9 Å². The molecule has 1 fully saturated rings. The number of nitrogens with zero attached hydrogens (tertiary/aromatic N) is 4. The van der Waals surface area contributed by atoms with E-state index in [1.165, 1.54) is 19.4 Å². The maximum Gasteiger partial charge on any atom is 0.134 e. The van der Waals surface area contributed by atoms with Crippen LogP contribution in [0.25, 0.3) is 0 Å². The topological polar surface area (TPSA) is 58.3 Å². The van der Waals surface area contributed by atoms with Gasteiger partial charge < -0.3 is 15.5 Å². The Balaban J connectivity index is 2.16. The summed E-state index contributed by atoms with van der Waals surface area (Å²) in [6.07, 6.45) is 3.27. The second kappa shape index (κ2) is 5.52. The summed E-state index contributed by atoms with van der Waals surface area (Å²) in [5.74, 6) is 2.33. The summed E-state index contributed by atoms with van der Waals surface area (Å²) >= 11 is 0. The molecule has 2 rings (SSSR count). The summed E-state index contributed by atoms with van der Waals surface area (Å²) in [4.78, 5) is 13.4. The van der Waals surface area contributed by atoms with E-state index in [1.807, 2.05) is 13.0 Å². The van der Waals surface area contributed by atoms with Gasteiger partial charge in [-0.05, 0) is 26.4 Å². The van der Waals surface area contributed by atoms with E-state index < -0.39 is 0 Å². The van der Waals surface area contributed by atoms with E-state index in [0.29, 0.717) is 11.9 Å². The van der Waals surface area contributed by atoms with Crippen LogP contribution in [-0.2, 0) is 6.42 Å². The van der Waals surface area contributed by atoms with Gasteiger partial charge in [0, 0.05) is 32.1 Å². The molecular formula is C13H23N5. The minimum absolute atomic E-state index is 0.516. The average Bonchev–Trinajstić information content (AvgIpc) is 2.37. The lowest BCUT2D eigenvalue weighted by molar-refractivity contribution is 0.247. The van der Waals surface area contributed by atoms with Crippen molar-refractivity contribution in [2.75, 3.05) is 37.8 Å². The highest BCUT2D eigenvalue weighted by Crippen LogP contribution is 2.20. The Morgan fingerprint density at radius 3 is 2.94 bits per heavy atom. The molecule has 0 bridgehead atoms. The van der Waals surface area contributed by atoms with E-state index in [1.54, 1.807) is 0 Å². The molecule has 5 heteroatoms. The second-order valence-corrected chi connectivity index (χ2v) is 5.09. The number of rotatable bonds is 3. The third-order valence-corrected chi connectivity index (χ3v) is 3.60. The van der Waals surface area contributed by atoms with E-state index in [-0.39, 0.29) is 0 Å². The molecule has 0 radical (unpaired) electrons. The van der Waals surface area contributed by atoms with Crippen molar-refractivity contribution in [2.45, 2.75) is 32.2 Å². The Bertz CT molecular complexity index is 406. The molecule has 1 aromatic heterocycles. The molecule has 0 amide bonds. The number of piperidine rings is 1. The van der Waals surface area contributed by atoms with Gasteiger partial charge in [-0.15, -0.1) is 0 Å². The third kappa shape index (κ3) is 2.90. The maximum atomic E-state index is 5.84. The van der Waals surface area contributed by atoms with Crippen molar-refractivity contribution in [2.24, 2.45) is 0 Å². The van der Waals surface area contributed by atoms with Gasteiger partial charge in [0.15, 0.2) is 0 Å². The number of likely N-dealkylation sites (tertiary alicyclic amines) is 1. The lowest BCUT2D eigenvalue weighted by Gasteiger charge is -2.36. The van der Waals surface area contributed by atoms with E-state index in [2.05, 4.69) is 33.9 Å². The fraction of sp³-hybridized carbons (Fsp3) is 0.692. The van der Waals surface area contributed by atoms with Crippen LogP contribution in [0.4, 0.5) is 11.6 Å². The summed E-state index contributed by atoms with van der Waals surface area (Å²) in [6, 6.07) is 2.39. The molecule has 0 saturated carbocycles. The quantitative estimate of drug-likeness (QED) is 0.871. The zero-order valence-electron chi connectivity index (χ0n) is 11.6. The second-order valence-electron chi connectivity index (χ2n) is 5.09. The van der Waals surface area contributed by atoms with Gasteiger partial charge in [-0.2, -0.15) is 0 Å². The van der Waals surface area contributed by atoms with E-state index in [4.69, 9.17) is 5.73 Å². The standard InChI is InChI=1S/C13H23N5/c1-4-12-15-11(14)8-13(16-12)18(3)10-6-5-7-17(2)9-10/h8,10H,4-7,9H2,1-3H3,(H2,14,15,16). The monoisotopic (exact) mass is 249 g/mol. The van der Waals surface area contributed by atoms with Gasteiger partial charge in [0.1, 0.15) is 17.5 Å². The number of hydrogen-bond acceptors (Lipinski definition) is 5. The fourth-order valence-electron chi connectivity index (χ4n) is 2.48. The molecule has 18 heavy (non-hydrogen) atoms. The molecule has 1 atom stereocenters. The summed E-state index contributed by atoms with van der Waals surface area (Å²) in [5, 5.41) is 0. The van der Waals surface area contributed by atoms with Crippen molar-refractivity contribution in [1.29, 1.82) is 0 Å². The first-order chi connectivity index (χ1) is 8.60.